The van der Waals surface area contributed by atoms with Crippen molar-refractivity contribution < 1.29 is 14.3 Å². The van der Waals surface area contributed by atoms with Crippen molar-refractivity contribution in [3.8, 4) is 5.75 Å². The summed E-state index contributed by atoms with van der Waals surface area (Å²) < 4.78 is 11.5. The fourth-order valence-corrected chi connectivity index (χ4v) is 3.65. The molecule has 1 heterocycles. The van der Waals surface area contributed by atoms with Gasteiger partial charge in [-0.25, -0.2) is 0 Å². The van der Waals surface area contributed by atoms with Crippen LogP contribution < -0.4 is 10.1 Å². The van der Waals surface area contributed by atoms with Gasteiger partial charge in [0.1, 0.15) is 5.75 Å². The fourth-order valence-electron chi connectivity index (χ4n) is 3.65. The first-order chi connectivity index (χ1) is 13.4. The second-order valence-corrected chi connectivity index (χ2v) is 7.83. The summed E-state index contributed by atoms with van der Waals surface area (Å²) in [6.07, 6.45) is 2.51. The second-order valence-electron chi connectivity index (χ2n) is 7.83. The molecule has 0 spiro atoms. The molecule has 0 radical (unpaired) electrons. The van der Waals surface area contributed by atoms with E-state index >= 15 is 0 Å². The molecule has 1 amide bonds. The molecule has 4 heteroatoms. The number of ether oxygens (including phenoxy) is 2. The van der Waals surface area contributed by atoms with Gasteiger partial charge in [0, 0.05) is 18.9 Å². The zero-order chi connectivity index (χ0) is 20.1. The van der Waals surface area contributed by atoms with Gasteiger partial charge in [0.2, 0.25) is 5.91 Å². The number of nitrogens with one attached hydrogen (secondary N) is 1. The molecule has 1 saturated heterocycles. The lowest BCUT2D eigenvalue weighted by Crippen LogP contribution is -2.44. The summed E-state index contributed by atoms with van der Waals surface area (Å²) in [5.41, 5.74) is 3.53. The standard InChI is InChI=1S/C24H31NO3/c1-5-19(4)28-22-11-10-21(16-18(22)3)25-23(26)24(12-14-27-15-13-24)20-8-6-17(2)7-9-20/h6-11,16,19H,5,12-15H2,1-4H3,(H,25,26). The molecule has 150 valence electrons. The molecule has 1 atom stereocenters. The highest BCUT2D eigenvalue weighted by Crippen LogP contribution is 2.36. The van der Waals surface area contributed by atoms with Crippen LogP contribution in [0.15, 0.2) is 42.5 Å². The van der Waals surface area contributed by atoms with E-state index in [0.29, 0.717) is 26.1 Å². The number of rotatable bonds is 6. The van der Waals surface area contributed by atoms with Crippen LogP contribution in [0.1, 0.15) is 49.8 Å². The Kier molecular flexibility index (Phi) is 6.40. The number of hydrogen-bond acceptors (Lipinski definition) is 3. The molecule has 1 aliphatic rings. The maximum Gasteiger partial charge on any atom is 0.235 e. The first-order valence-corrected chi connectivity index (χ1v) is 10.2. The van der Waals surface area contributed by atoms with E-state index in [1.807, 2.05) is 25.1 Å². The summed E-state index contributed by atoms with van der Waals surface area (Å²) in [7, 11) is 0. The Morgan fingerprint density at radius 1 is 1.14 bits per heavy atom. The van der Waals surface area contributed by atoms with Crippen molar-refractivity contribution in [2.45, 2.75) is 58.5 Å². The summed E-state index contributed by atoms with van der Waals surface area (Å²) in [6, 6.07) is 14.2. The predicted molar refractivity (Wildman–Crippen MR) is 113 cm³/mol. The molecule has 0 bridgehead atoms. The molecule has 0 saturated carbocycles. The van der Waals surface area contributed by atoms with E-state index in [0.717, 1.165) is 29.0 Å². The van der Waals surface area contributed by atoms with Crippen molar-refractivity contribution >= 4 is 11.6 Å². The minimum absolute atomic E-state index is 0.0367. The molecule has 3 rings (SSSR count). The quantitative estimate of drug-likeness (QED) is 0.751. The van der Waals surface area contributed by atoms with E-state index in [4.69, 9.17) is 9.47 Å². The van der Waals surface area contributed by atoms with Gasteiger partial charge in [-0.15, -0.1) is 0 Å². The summed E-state index contributed by atoms with van der Waals surface area (Å²) in [6.45, 7) is 9.44. The van der Waals surface area contributed by atoms with Gasteiger partial charge in [0.05, 0.1) is 11.5 Å². The number of hydrogen-bond donors (Lipinski definition) is 1. The maximum absolute atomic E-state index is 13.4. The van der Waals surface area contributed by atoms with Gasteiger partial charge in [-0.05, 0) is 69.4 Å². The first kappa shape index (κ1) is 20.4. The zero-order valence-electron chi connectivity index (χ0n) is 17.4. The molecule has 1 unspecified atom stereocenters. The smallest absolute Gasteiger partial charge is 0.235 e. The van der Waals surface area contributed by atoms with Crippen LogP contribution in [0.4, 0.5) is 5.69 Å². The lowest BCUT2D eigenvalue weighted by molar-refractivity contribution is -0.125. The van der Waals surface area contributed by atoms with Crippen LogP contribution in [0, 0.1) is 13.8 Å². The average Bonchev–Trinajstić information content (AvgIpc) is 2.71. The Labute approximate surface area is 168 Å². The number of anilines is 1. The van der Waals surface area contributed by atoms with Crippen LogP contribution in [0.2, 0.25) is 0 Å². The Morgan fingerprint density at radius 3 is 2.43 bits per heavy atom. The third-order valence-electron chi connectivity index (χ3n) is 5.72. The van der Waals surface area contributed by atoms with Gasteiger partial charge in [-0.2, -0.15) is 0 Å². The van der Waals surface area contributed by atoms with Crippen LogP contribution in [0.5, 0.6) is 5.75 Å². The highest BCUT2D eigenvalue weighted by atomic mass is 16.5. The molecule has 1 aliphatic heterocycles. The molecule has 1 N–H and O–H groups in total. The van der Waals surface area contributed by atoms with Gasteiger partial charge in [-0.1, -0.05) is 36.8 Å². The van der Waals surface area contributed by atoms with Gasteiger partial charge < -0.3 is 14.8 Å². The van der Waals surface area contributed by atoms with Crippen LogP contribution >= 0.6 is 0 Å². The summed E-state index contributed by atoms with van der Waals surface area (Å²) in [4.78, 5) is 13.4. The van der Waals surface area contributed by atoms with Crippen molar-refractivity contribution in [2.75, 3.05) is 18.5 Å². The number of aryl methyl sites for hydroxylation is 2. The molecule has 0 aliphatic carbocycles. The van der Waals surface area contributed by atoms with Crippen LogP contribution in [-0.4, -0.2) is 25.2 Å². The second kappa shape index (κ2) is 8.78. The summed E-state index contributed by atoms with van der Waals surface area (Å²) >= 11 is 0. The number of amides is 1. The van der Waals surface area contributed by atoms with Crippen molar-refractivity contribution in [3.63, 3.8) is 0 Å². The Morgan fingerprint density at radius 2 is 1.82 bits per heavy atom. The SMILES string of the molecule is CCC(C)Oc1ccc(NC(=O)C2(c3ccc(C)cc3)CCOCC2)cc1C. The van der Waals surface area contributed by atoms with Crippen molar-refractivity contribution in [2.24, 2.45) is 0 Å². The molecule has 1 fully saturated rings. The minimum Gasteiger partial charge on any atom is -0.490 e. The third kappa shape index (κ3) is 4.39. The van der Waals surface area contributed by atoms with Gasteiger partial charge >= 0.3 is 0 Å². The molecular weight excluding hydrogens is 350 g/mol. The van der Waals surface area contributed by atoms with E-state index < -0.39 is 5.41 Å². The Bertz CT molecular complexity index is 807. The molecule has 28 heavy (non-hydrogen) atoms. The maximum atomic E-state index is 13.4. The highest BCUT2D eigenvalue weighted by molar-refractivity contribution is 5.99. The lowest BCUT2D eigenvalue weighted by Gasteiger charge is -2.36. The van der Waals surface area contributed by atoms with Crippen molar-refractivity contribution in [3.05, 3.63) is 59.2 Å². The Balaban J connectivity index is 1.82. The topological polar surface area (TPSA) is 47.6 Å². The minimum atomic E-state index is -0.550. The largest absolute Gasteiger partial charge is 0.490 e. The van der Waals surface area contributed by atoms with Gasteiger partial charge in [0.25, 0.3) is 0 Å². The monoisotopic (exact) mass is 381 g/mol. The number of carbonyl (C=O) groups is 1. The molecule has 4 nitrogen and oxygen atoms in total. The molecule has 0 aromatic heterocycles. The van der Waals surface area contributed by atoms with E-state index in [9.17, 15) is 4.79 Å². The van der Waals surface area contributed by atoms with Crippen molar-refractivity contribution in [1.82, 2.24) is 0 Å². The summed E-state index contributed by atoms with van der Waals surface area (Å²) in [5.74, 6) is 0.904. The van der Waals surface area contributed by atoms with E-state index in [2.05, 4.69) is 50.4 Å². The predicted octanol–water partition coefficient (Wildman–Crippen LogP) is 5.17. The fraction of sp³-hybridized carbons (Fsp3) is 0.458. The number of carbonyl (C=O) groups excluding carboxylic acids is 1. The first-order valence-electron chi connectivity index (χ1n) is 10.2. The highest BCUT2D eigenvalue weighted by Gasteiger charge is 2.41. The van der Waals surface area contributed by atoms with Crippen LogP contribution in [0.3, 0.4) is 0 Å². The molecule has 2 aromatic carbocycles. The molecular formula is C24H31NO3. The van der Waals surface area contributed by atoms with E-state index in [1.54, 1.807) is 0 Å². The van der Waals surface area contributed by atoms with E-state index in [-0.39, 0.29) is 12.0 Å². The van der Waals surface area contributed by atoms with Crippen LogP contribution in [0.25, 0.3) is 0 Å². The normalized spacial score (nSPS) is 17.0. The van der Waals surface area contributed by atoms with Gasteiger partial charge in [0.15, 0.2) is 0 Å². The summed E-state index contributed by atoms with van der Waals surface area (Å²) in [5, 5.41) is 3.15. The number of benzene rings is 2. The molecule has 2 aromatic rings. The average molecular weight is 382 g/mol. The third-order valence-corrected chi connectivity index (χ3v) is 5.72. The van der Waals surface area contributed by atoms with Crippen LogP contribution in [-0.2, 0) is 14.9 Å². The Hall–Kier alpha value is -2.33. The van der Waals surface area contributed by atoms with E-state index in [1.165, 1.54) is 5.56 Å². The zero-order valence-corrected chi connectivity index (χ0v) is 17.4. The van der Waals surface area contributed by atoms with Gasteiger partial charge in [-0.3, -0.25) is 4.79 Å². The lowest BCUT2D eigenvalue weighted by atomic mass is 9.73. The van der Waals surface area contributed by atoms with Crippen molar-refractivity contribution in [1.29, 1.82) is 0 Å².